The number of thioether (sulfide) groups is 1. The van der Waals surface area contributed by atoms with Crippen LogP contribution in [0.2, 0.25) is 0 Å². The van der Waals surface area contributed by atoms with E-state index in [1.165, 1.54) is 23.9 Å². The highest BCUT2D eigenvalue weighted by atomic mass is 35.5. The van der Waals surface area contributed by atoms with Gasteiger partial charge >= 0.3 is 0 Å². The smallest absolute Gasteiger partial charge is 0.282 e. The summed E-state index contributed by atoms with van der Waals surface area (Å²) in [5, 5.41) is 22.6. The van der Waals surface area contributed by atoms with E-state index in [9.17, 15) is 18.5 Å². The Balaban J connectivity index is 1.47. The SMILES string of the molecule is NS(=O)(=O)c1ccc2c(c1)[C@@H]1[C@H](Cl)[C@H](Sc3ccccc3[N+](=O)[O-])C[C@H]1[C@@H](c1cccc3ccccc13)N2. The van der Waals surface area contributed by atoms with E-state index >= 15 is 0 Å². The van der Waals surface area contributed by atoms with E-state index < -0.39 is 10.0 Å². The summed E-state index contributed by atoms with van der Waals surface area (Å²) in [6, 6.07) is 26.0. The maximum atomic E-state index is 12.2. The van der Waals surface area contributed by atoms with E-state index in [1.807, 2.05) is 18.2 Å². The molecule has 10 heteroatoms. The Kier molecular flexibility index (Phi) is 6.34. The molecule has 0 radical (unpaired) electrons. The monoisotopic (exact) mass is 565 g/mol. The zero-order valence-electron chi connectivity index (χ0n) is 20.0. The van der Waals surface area contributed by atoms with E-state index in [2.05, 4.69) is 29.6 Å². The van der Waals surface area contributed by atoms with Crippen molar-refractivity contribution >= 4 is 55.5 Å². The summed E-state index contributed by atoms with van der Waals surface area (Å²) in [4.78, 5) is 11.9. The van der Waals surface area contributed by atoms with Gasteiger partial charge in [-0.25, -0.2) is 13.6 Å². The van der Waals surface area contributed by atoms with Crippen LogP contribution in [0.25, 0.3) is 10.8 Å². The zero-order chi connectivity index (χ0) is 26.6. The van der Waals surface area contributed by atoms with E-state index in [-0.39, 0.29) is 44.0 Å². The number of nitrogens with zero attached hydrogens (tertiary/aromatic N) is 1. The Morgan fingerprint density at radius 1 is 0.974 bits per heavy atom. The number of hydrogen-bond acceptors (Lipinski definition) is 6. The molecule has 1 aliphatic heterocycles. The topological polar surface area (TPSA) is 115 Å². The van der Waals surface area contributed by atoms with Gasteiger partial charge in [-0.1, -0.05) is 54.6 Å². The molecule has 4 aromatic carbocycles. The third-order valence-corrected chi connectivity index (χ3v) is 10.6. The summed E-state index contributed by atoms with van der Waals surface area (Å²) in [5.74, 6) is -0.161. The third-order valence-electron chi connectivity index (χ3n) is 7.61. The molecule has 194 valence electrons. The number of anilines is 1. The summed E-state index contributed by atoms with van der Waals surface area (Å²) in [5.41, 5.74) is 2.82. The molecule has 6 rings (SSSR count). The fraction of sp³-hybridized carbons (Fsp3) is 0.214. The Hall–Kier alpha value is -3.11. The van der Waals surface area contributed by atoms with Crippen molar-refractivity contribution in [3.63, 3.8) is 0 Å². The molecule has 3 N–H and O–H groups in total. The van der Waals surface area contributed by atoms with Crippen LogP contribution in [-0.4, -0.2) is 24.0 Å². The lowest BCUT2D eigenvalue weighted by molar-refractivity contribution is -0.387. The van der Waals surface area contributed by atoms with Crippen LogP contribution in [0, 0.1) is 16.0 Å². The number of halogens is 1. The number of benzene rings is 4. The molecule has 1 aliphatic carbocycles. The van der Waals surface area contributed by atoms with Gasteiger partial charge < -0.3 is 5.32 Å². The van der Waals surface area contributed by atoms with Crippen LogP contribution < -0.4 is 10.5 Å². The molecular formula is C28H24ClN3O4S2. The number of alkyl halides is 1. The molecule has 0 amide bonds. The Labute approximate surface area is 229 Å². The summed E-state index contributed by atoms with van der Waals surface area (Å²) in [7, 11) is -3.91. The molecular weight excluding hydrogens is 542 g/mol. The average molecular weight is 566 g/mol. The van der Waals surface area contributed by atoms with Crippen molar-refractivity contribution in [2.75, 3.05) is 5.32 Å². The number of fused-ring (bicyclic) bond motifs is 4. The number of sulfonamides is 1. The summed E-state index contributed by atoms with van der Waals surface area (Å²) >= 11 is 8.62. The van der Waals surface area contributed by atoms with Crippen LogP contribution in [0.1, 0.15) is 29.5 Å². The first-order valence-corrected chi connectivity index (χ1v) is 15.0. The van der Waals surface area contributed by atoms with Gasteiger partial charge in [-0.15, -0.1) is 23.4 Å². The number of hydrogen-bond donors (Lipinski definition) is 2. The molecule has 1 fully saturated rings. The van der Waals surface area contributed by atoms with Gasteiger partial charge in [0.05, 0.1) is 26.1 Å². The van der Waals surface area contributed by atoms with Crippen molar-refractivity contribution in [1.82, 2.24) is 0 Å². The van der Waals surface area contributed by atoms with Gasteiger partial charge in [-0.05, 0) is 58.5 Å². The first-order valence-electron chi connectivity index (χ1n) is 12.2. The second-order valence-electron chi connectivity index (χ2n) is 9.74. The van der Waals surface area contributed by atoms with Crippen LogP contribution in [0.3, 0.4) is 0 Å². The molecule has 1 saturated carbocycles. The average Bonchev–Trinajstić information content (AvgIpc) is 3.23. The maximum absolute atomic E-state index is 12.2. The number of nitrogens with two attached hydrogens (primary N) is 1. The van der Waals surface area contributed by atoms with E-state index in [0.29, 0.717) is 11.3 Å². The van der Waals surface area contributed by atoms with Crippen molar-refractivity contribution in [1.29, 1.82) is 0 Å². The number of primary sulfonamides is 1. The molecule has 0 unspecified atom stereocenters. The Morgan fingerprint density at radius 2 is 1.71 bits per heavy atom. The molecule has 0 aromatic heterocycles. The van der Waals surface area contributed by atoms with Crippen molar-refractivity contribution < 1.29 is 13.3 Å². The molecule has 0 saturated heterocycles. The van der Waals surface area contributed by atoms with Gasteiger partial charge in [0.15, 0.2) is 0 Å². The van der Waals surface area contributed by atoms with Gasteiger partial charge in [-0.2, -0.15) is 0 Å². The van der Waals surface area contributed by atoms with Gasteiger partial charge in [0, 0.05) is 22.9 Å². The standard InChI is InChI=1S/C28H24ClN3O4S2/c29-27-25(37-24-11-4-3-10-23(24)32(33)34)15-21-26(27)20-14-17(38(30,35)36)12-13-22(20)31-28(21)19-9-5-7-16-6-1-2-8-18(16)19/h1-14,21,25-28,31H,15H2,(H2,30,35,36)/t21-,25-,26+,27-,28-/m1/s1. The highest BCUT2D eigenvalue weighted by Gasteiger charge is 2.50. The number of nitrogens with one attached hydrogen (secondary N) is 1. The largest absolute Gasteiger partial charge is 0.378 e. The summed E-state index contributed by atoms with van der Waals surface area (Å²) < 4.78 is 24.4. The van der Waals surface area contributed by atoms with Gasteiger partial charge in [0.25, 0.3) is 5.69 Å². The number of para-hydroxylation sites is 1. The normalized spacial score (nSPS) is 24.4. The highest BCUT2D eigenvalue weighted by Crippen LogP contribution is 2.58. The minimum absolute atomic E-state index is 0.0202. The molecule has 38 heavy (non-hydrogen) atoms. The third kappa shape index (κ3) is 4.33. The fourth-order valence-electron chi connectivity index (χ4n) is 5.97. The minimum atomic E-state index is -3.91. The summed E-state index contributed by atoms with van der Waals surface area (Å²) in [6.07, 6.45) is 0.690. The quantitative estimate of drug-likeness (QED) is 0.163. The van der Waals surface area contributed by atoms with Gasteiger partial charge in [0.2, 0.25) is 10.0 Å². The van der Waals surface area contributed by atoms with E-state index in [4.69, 9.17) is 16.7 Å². The number of nitro benzene ring substituents is 1. The predicted octanol–water partition coefficient (Wildman–Crippen LogP) is 6.43. The van der Waals surface area contributed by atoms with E-state index in [1.54, 1.807) is 30.3 Å². The molecule has 0 bridgehead atoms. The number of nitro groups is 1. The van der Waals surface area contributed by atoms with Crippen LogP contribution in [0.5, 0.6) is 0 Å². The van der Waals surface area contributed by atoms with Crippen molar-refractivity contribution in [3.8, 4) is 0 Å². The molecule has 4 aromatic rings. The van der Waals surface area contributed by atoms with Crippen molar-refractivity contribution in [2.24, 2.45) is 11.1 Å². The second kappa shape index (κ2) is 9.57. The minimum Gasteiger partial charge on any atom is -0.378 e. The van der Waals surface area contributed by atoms with Gasteiger partial charge in [0.1, 0.15) is 0 Å². The first-order chi connectivity index (χ1) is 18.2. The molecule has 7 nitrogen and oxygen atoms in total. The van der Waals surface area contributed by atoms with Crippen LogP contribution in [-0.2, 0) is 10.0 Å². The highest BCUT2D eigenvalue weighted by molar-refractivity contribution is 8.00. The molecule has 2 aliphatic rings. The summed E-state index contributed by atoms with van der Waals surface area (Å²) in [6.45, 7) is 0. The van der Waals surface area contributed by atoms with Crippen LogP contribution >= 0.6 is 23.4 Å². The zero-order valence-corrected chi connectivity index (χ0v) is 22.4. The lowest BCUT2D eigenvalue weighted by atomic mass is 9.76. The molecule has 5 atom stereocenters. The van der Waals surface area contributed by atoms with Crippen molar-refractivity contribution in [3.05, 3.63) is 106 Å². The number of rotatable bonds is 5. The van der Waals surface area contributed by atoms with Gasteiger partial charge in [-0.3, -0.25) is 10.1 Å². The first kappa shape index (κ1) is 25.2. The second-order valence-corrected chi connectivity index (χ2v) is 13.1. The maximum Gasteiger partial charge on any atom is 0.282 e. The van der Waals surface area contributed by atoms with Crippen molar-refractivity contribution in [2.45, 2.75) is 38.8 Å². The lowest BCUT2D eigenvalue weighted by Crippen LogP contribution is -2.31. The molecule has 1 heterocycles. The van der Waals surface area contributed by atoms with Crippen LogP contribution in [0.4, 0.5) is 11.4 Å². The van der Waals surface area contributed by atoms with Crippen LogP contribution in [0.15, 0.2) is 94.7 Å². The fourth-order valence-corrected chi connectivity index (χ4v) is 8.46. The Morgan fingerprint density at radius 3 is 2.50 bits per heavy atom. The van der Waals surface area contributed by atoms with E-state index in [0.717, 1.165) is 27.6 Å². The molecule has 0 spiro atoms. The lowest BCUT2D eigenvalue weighted by Gasteiger charge is -2.39. The Bertz CT molecular complexity index is 1670. The predicted molar refractivity (Wildman–Crippen MR) is 151 cm³/mol.